The average molecular weight is 440 g/mol. The standard InChI is InChI=1S/C15H13Cl3N2O3S2/c16-11-3-1-2-4-12(11)25(22,23)20-7-5-19(6-8-20)15(21)10-9-13(17)24-14(10)18/h1-4,9H,5-8H2. The molecule has 0 radical (unpaired) electrons. The maximum absolute atomic E-state index is 12.7. The van der Waals surface area contributed by atoms with Crippen molar-refractivity contribution < 1.29 is 13.2 Å². The summed E-state index contributed by atoms with van der Waals surface area (Å²) in [4.78, 5) is 14.2. The summed E-state index contributed by atoms with van der Waals surface area (Å²) in [5, 5.41) is 0.181. The highest BCUT2D eigenvalue weighted by molar-refractivity contribution is 7.89. The molecule has 1 saturated heterocycles. The van der Waals surface area contributed by atoms with Crippen LogP contribution in [0.5, 0.6) is 0 Å². The number of piperazine rings is 1. The molecule has 0 aliphatic carbocycles. The van der Waals surface area contributed by atoms with Gasteiger partial charge in [0.1, 0.15) is 9.23 Å². The molecule has 1 aliphatic heterocycles. The van der Waals surface area contributed by atoms with Gasteiger partial charge in [0.05, 0.1) is 14.9 Å². The lowest BCUT2D eigenvalue weighted by molar-refractivity contribution is 0.0698. The first-order valence-corrected chi connectivity index (χ1v) is 10.7. The van der Waals surface area contributed by atoms with Gasteiger partial charge >= 0.3 is 0 Å². The van der Waals surface area contributed by atoms with Crippen LogP contribution < -0.4 is 0 Å². The Morgan fingerprint density at radius 3 is 2.24 bits per heavy atom. The van der Waals surface area contributed by atoms with E-state index in [1.165, 1.54) is 22.5 Å². The molecule has 3 rings (SSSR count). The van der Waals surface area contributed by atoms with E-state index < -0.39 is 10.0 Å². The van der Waals surface area contributed by atoms with Gasteiger partial charge < -0.3 is 4.90 Å². The highest BCUT2D eigenvalue weighted by atomic mass is 35.5. The number of halogens is 3. The predicted octanol–water partition coefficient (Wildman–Crippen LogP) is 3.86. The minimum absolute atomic E-state index is 0.0732. The molecule has 1 aromatic carbocycles. The van der Waals surface area contributed by atoms with Gasteiger partial charge in [0.25, 0.3) is 5.91 Å². The largest absolute Gasteiger partial charge is 0.336 e. The summed E-state index contributed by atoms with van der Waals surface area (Å²) in [5.74, 6) is -0.247. The minimum atomic E-state index is -3.69. The van der Waals surface area contributed by atoms with Crippen molar-refractivity contribution in [2.75, 3.05) is 26.2 Å². The normalized spacial score (nSPS) is 16.2. The topological polar surface area (TPSA) is 57.7 Å². The molecule has 0 N–H and O–H groups in total. The number of hydrogen-bond acceptors (Lipinski definition) is 4. The zero-order valence-corrected chi connectivity index (χ0v) is 16.7. The van der Waals surface area contributed by atoms with Crippen LogP contribution >= 0.6 is 46.1 Å². The Hall–Kier alpha value is -0.830. The number of nitrogens with zero attached hydrogens (tertiary/aromatic N) is 2. The fourth-order valence-electron chi connectivity index (χ4n) is 2.58. The van der Waals surface area contributed by atoms with Crippen LogP contribution in [0, 0.1) is 0 Å². The molecule has 1 aliphatic rings. The second-order valence-corrected chi connectivity index (χ2v) is 9.96. The first-order valence-electron chi connectivity index (χ1n) is 7.29. The van der Waals surface area contributed by atoms with E-state index in [1.807, 2.05) is 0 Å². The van der Waals surface area contributed by atoms with Gasteiger partial charge in [0.15, 0.2) is 0 Å². The summed E-state index contributed by atoms with van der Waals surface area (Å²) in [5.41, 5.74) is 0.346. The molecule has 1 fully saturated rings. The first-order chi connectivity index (χ1) is 11.8. The number of benzene rings is 1. The second-order valence-electron chi connectivity index (χ2n) is 5.36. The summed E-state index contributed by atoms with van der Waals surface area (Å²) in [6.07, 6.45) is 0. The third kappa shape index (κ3) is 3.82. The summed E-state index contributed by atoms with van der Waals surface area (Å²) in [6, 6.07) is 7.84. The van der Waals surface area contributed by atoms with Gasteiger partial charge in [0, 0.05) is 26.2 Å². The first kappa shape index (κ1) is 18.9. The number of sulfonamides is 1. The zero-order valence-electron chi connectivity index (χ0n) is 12.8. The zero-order chi connectivity index (χ0) is 18.2. The molecular formula is C15H13Cl3N2O3S2. The van der Waals surface area contributed by atoms with Crippen LogP contribution in [0.3, 0.4) is 0 Å². The molecule has 5 nitrogen and oxygen atoms in total. The van der Waals surface area contributed by atoms with Crippen LogP contribution in [0.25, 0.3) is 0 Å². The van der Waals surface area contributed by atoms with E-state index in [0.29, 0.717) is 14.2 Å². The van der Waals surface area contributed by atoms with E-state index in [0.717, 1.165) is 11.3 Å². The summed E-state index contributed by atoms with van der Waals surface area (Å²) >= 11 is 19.0. The van der Waals surface area contributed by atoms with Crippen LogP contribution in [0.15, 0.2) is 35.2 Å². The third-order valence-electron chi connectivity index (χ3n) is 3.87. The van der Waals surface area contributed by atoms with Gasteiger partial charge in [-0.05, 0) is 18.2 Å². The van der Waals surface area contributed by atoms with Crippen molar-refractivity contribution in [1.82, 2.24) is 9.21 Å². The number of hydrogen-bond donors (Lipinski definition) is 0. The molecule has 1 aromatic heterocycles. The van der Waals surface area contributed by atoms with E-state index in [2.05, 4.69) is 0 Å². The van der Waals surface area contributed by atoms with Crippen molar-refractivity contribution in [2.45, 2.75) is 4.90 Å². The van der Waals surface area contributed by atoms with Gasteiger partial charge in [0.2, 0.25) is 10.0 Å². The van der Waals surface area contributed by atoms with Crippen molar-refractivity contribution >= 4 is 62.1 Å². The maximum Gasteiger partial charge on any atom is 0.256 e. The van der Waals surface area contributed by atoms with E-state index in [1.54, 1.807) is 17.0 Å². The highest BCUT2D eigenvalue weighted by Crippen LogP contribution is 2.32. The number of carbonyl (C=O) groups excluding carboxylic acids is 1. The van der Waals surface area contributed by atoms with Crippen molar-refractivity contribution in [1.29, 1.82) is 0 Å². The van der Waals surface area contributed by atoms with Gasteiger partial charge in [-0.1, -0.05) is 46.9 Å². The van der Waals surface area contributed by atoms with Crippen molar-refractivity contribution in [3.63, 3.8) is 0 Å². The monoisotopic (exact) mass is 438 g/mol. The lowest BCUT2D eigenvalue weighted by atomic mass is 10.2. The Kier molecular flexibility index (Phi) is 5.63. The van der Waals surface area contributed by atoms with E-state index in [9.17, 15) is 13.2 Å². The van der Waals surface area contributed by atoms with Crippen LogP contribution in [0.2, 0.25) is 13.7 Å². The van der Waals surface area contributed by atoms with Crippen LogP contribution in [-0.2, 0) is 10.0 Å². The summed E-state index contributed by atoms with van der Waals surface area (Å²) < 4.78 is 27.5. The Bertz CT molecular complexity index is 906. The third-order valence-corrected chi connectivity index (χ3v) is 7.75. The summed E-state index contributed by atoms with van der Waals surface area (Å²) in [6.45, 7) is 0.919. The lowest BCUT2D eigenvalue weighted by Gasteiger charge is -2.34. The molecule has 134 valence electrons. The molecule has 2 heterocycles. The van der Waals surface area contributed by atoms with Crippen LogP contribution in [-0.4, -0.2) is 49.7 Å². The SMILES string of the molecule is O=C(c1cc(Cl)sc1Cl)N1CCN(S(=O)(=O)c2ccccc2Cl)CC1. The van der Waals surface area contributed by atoms with E-state index in [-0.39, 0.29) is 42.0 Å². The molecule has 25 heavy (non-hydrogen) atoms. The lowest BCUT2D eigenvalue weighted by Crippen LogP contribution is -2.50. The Balaban J connectivity index is 1.73. The molecule has 0 spiro atoms. The molecule has 0 bridgehead atoms. The minimum Gasteiger partial charge on any atom is -0.336 e. The Morgan fingerprint density at radius 2 is 1.68 bits per heavy atom. The van der Waals surface area contributed by atoms with Crippen molar-refractivity contribution in [2.24, 2.45) is 0 Å². The highest BCUT2D eigenvalue weighted by Gasteiger charge is 2.32. The van der Waals surface area contributed by atoms with Crippen LogP contribution in [0.4, 0.5) is 0 Å². The average Bonchev–Trinajstić information content (AvgIpc) is 2.93. The van der Waals surface area contributed by atoms with Gasteiger partial charge in [-0.3, -0.25) is 4.79 Å². The predicted molar refractivity (Wildman–Crippen MR) is 100 cm³/mol. The summed E-state index contributed by atoms with van der Waals surface area (Å²) in [7, 11) is -3.69. The molecule has 0 saturated carbocycles. The van der Waals surface area contributed by atoms with E-state index in [4.69, 9.17) is 34.8 Å². The number of carbonyl (C=O) groups is 1. The molecule has 10 heteroatoms. The number of amides is 1. The smallest absolute Gasteiger partial charge is 0.256 e. The van der Waals surface area contributed by atoms with E-state index >= 15 is 0 Å². The van der Waals surface area contributed by atoms with Crippen molar-refractivity contribution in [3.8, 4) is 0 Å². The maximum atomic E-state index is 12.7. The van der Waals surface area contributed by atoms with Crippen LogP contribution in [0.1, 0.15) is 10.4 Å². The quantitative estimate of drug-likeness (QED) is 0.730. The number of rotatable bonds is 3. The van der Waals surface area contributed by atoms with Gasteiger partial charge in [-0.15, -0.1) is 11.3 Å². The molecule has 2 aromatic rings. The Morgan fingerprint density at radius 1 is 1.04 bits per heavy atom. The van der Waals surface area contributed by atoms with Gasteiger partial charge in [-0.25, -0.2) is 8.42 Å². The molecule has 0 atom stereocenters. The Labute approximate surface area is 164 Å². The van der Waals surface area contributed by atoms with Crippen molar-refractivity contribution in [3.05, 3.63) is 49.6 Å². The fourth-order valence-corrected chi connectivity index (χ4v) is 5.94. The molecule has 0 unspecified atom stereocenters. The fraction of sp³-hybridized carbons (Fsp3) is 0.267. The second kappa shape index (κ2) is 7.42. The van der Waals surface area contributed by atoms with Gasteiger partial charge in [-0.2, -0.15) is 4.31 Å². The molecular weight excluding hydrogens is 427 g/mol. The molecule has 1 amide bonds. The number of thiophene rings is 1.